The Kier molecular flexibility index (Phi) is 2.67. The van der Waals surface area contributed by atoms with Crippen molar-refractivity contribution in [2.45, 2.75) is 12.8 Å². The fourth-order valence-electron chi connectivity index (χ4n) is 1.94. The number of Topliss-reactive ketones (excluding diaryl/α,β-unsaturated/α-hetero) is 1. The molecule has 0 atom stereocenters. The number of benzene rings is 1. The highest BCUT2D eigenvalue weighted by Crippen LogP contribution is 2.34. The van der Waals surface area contributed by atoms with E-state index in [1.165, 1.54) is 6.20 Å². The second-order valence-corrected chi connectivity index (χ2v) is 4.48. The normalized spacial score (nSPS) is 14.5. The first-order chi connectivity index (χ1) is 8.77. The van der Waals surface area contributed by atoms with Gasteiger partial charge in [-0.2, -0.15) is 0 Å². The zero-order valence-electron chi connectivity index (χ0n) is 9.69. The molecule has 3 heteroatoms. The molecular weight excluding hydrogens is 229 g/mol. The second kappa shape index (κ2) is 4.33. The van der Waals surface area contributed by atoms with Gasteiger partial charge in [-0.25, -0.2) is 4.39 Å². The van der Waals surface area contributed by atoms with Crippen molar-refractivity contribution >= 4 is 5.78 Å². The summed E-state index contributed by atoms with van der Waals surface area (Å²) in [6, 6.07) is 9.05. The maximum Gasteiger partial charge on any atom is 0.170 e. The van der Waals surface area contributed by atoms with E-state index in [9.17, 15) is 9.18 Å². The Morgan fingerprint density at radius 1 is 1.28 bits per heavy atom. The zero-order chi connectivity index (χ0) is 12.5. The lowest BCUT2D eigenvalue weighted by Crippen LogP contribution is -2.06. The van der Waals surface area contributed by atoms with Crippen LogP contribution in [0.15, 0.2) is 36.5 Å². The van der Waals surface area contributed by atoms with Crippen LogP contribution in [0.1, 0.15) is 23.2 Å². The van der Waals surface area contributed by atoms with Gasteiger partial charge in [0.2, 0.25) is 0 Å². The van der Waals surface area contributed by atoms with Gasteiger partial charge in [-0.1, -0.05) is 30.3 Å². The summed E-state index contributed by atoms with van der Waals surface area (Å²) in [6.45, 7) is 0. The monoisotopic (exact) mass is 240 g/mol. The van der Waals surface area contributed by atoms with Crippen LogP contribution in [0.5, 0.6) is 0 Å². The maximum atomic E-state index is 14.3. The maximum absolute atomic E-state index is 14.3. The van der Waals surface area contributed by atoms with E-state index in [1.807, 2.05) is 18.2 Å². The molecule has 1 radical (unpaired) electrons. The summed E-state index contributed by atoms with van der Waals surface area (Å²) in [5.74, 6) is -0.647. The van der Waals surface area contributed by atoms with Crippen molar-refractivity contribution in [3.63, 3.8) is 0 Å². The number of hydrogen-bond donors (Lipinski definition) is 0. The van der Waals surface area contributed by atoms with E-state index < -0.39 is 5.82 Å². The van der Waals surface area contributed by atoms with Gasteiger partial charge in [-0.3, -0.25) is 9.78 Å². The number of halogens is 1. The van der Waals surface area contributed by atoms with E-state index in [2.05, 4.69) is 11.2 Å². The topological polar surface area (TPSA) is 30.0 Å². The van der Waals surface area contributed by atoms with Gasteiger partial charge in [0.1, 0.15) is 12.0 Å². The minimum absolute atomic E-state index is 0.00711. The molecule has 1 fully saturated rings. The lowest BCUT2D eigenvalue weighted by Gasteiger charge is -2.06. The smallest absolute Gasteiger partial charge is 0.170 e. The molecule has 1 saturated carbocycles. The number of aromatic nitrogens is 1. The van der Waals surface area contributed by atoms with Crippen molar-refractivity contribution in [3.05, 3.63) is 54.1 Å². The summed E-state index contributed by atoms with van der Waals surface area (Å²) < 4.78 is 14.3. The summed E-state index contributed by atoms with van der Waals surface area (Å²) in [7, 11) is 0. The summed E-state index contributed by atoms with van der Waals surface area (Å²) >= 11 is 0. The van der Waals surface area contributed by atoms with Gasteiger partial charge in [-0.15, -0.1) is 0 Å². The third-order valence-electron chi connectivity index (χ3n) is 3.10. The Hall–Kier alpha value is -2.03. The molecule has 2 nitrogen and oxygen atoms in total. The molecule has 0 spiro atoms. The Bertz CT molecular complexity index is 591. The molecule has 2 aromatic rings. The molecule has 3 rings (SSSR count). The van der Waals surface area contributed by atoms with Crippen LogP contribution in [0.2, 0.25) is 0 Å². The molecule has 1 heterocycles. The zero-order valence-corrected chi connectivity index (χ0v) is 9.69. The molecule has 89 valence electrons. The summed E-state index contributed by atoms with van der Waals surface area (Å²) in [6.07, 6.45) is 5.63. The Morgan fingerprint density at radius 3 is 2.67 bits per heavy atom. The first kappa shape index (κ1) is 11.1. The van der Waals surface area contributed by atoms with E-state index in [0.717, 1.165) is 12.8 Å². The van der Waals surface area contributed by atoms with Crippen molar-refractivity contribution < 1.29 is 9.18 Å². The van der Waals surface area contributed by atoms with Crippen LogP contribution < -0.4 is 0 Å². The van der Waals surface area contributed by atoms with Crippen LogP contribution in [0.25, 0.3) is 11.1 Å². The Labute approximate surface area is 104 Å². The van der Waals surface area contributed by atoms with Crippen LogP contribution in [-0.2, 0) is 0 Å². The number of rotatable bonds is 3. The highest BCUT2D eigenvalue weighted by molar-refractivity contribution is 6.00. The van der Waals surface area contributed by atoms with Crippen LogP contribution in [0.4, 0.5) is 4.39 Å². The van der Waals surface area contributed by atoms with Crippen molar-refractivity contribution in [2.24, 2.45) is 5.92 Å². The van der Waals surface area contributed by atoms with Crippen LogP contribution in [0, 0.1) is 17.9 Å². The molecule has 0 bridgehead atoms. The van der Waals surface area contributed by atoms with Gasteiger partial charge in [0.25, 0.3) is 0 Å². The summed E-state index contributed by atoms with van der Waals surface area (Å²) in [5, 5.41) is 0. The Balaban J connectivity index is 2.06. The number of carbonyl (C=O) groups is 1. The van der Waals surface area contributed by atoms with Crippen molar-refractivity contribution in [1.82, 2.24) is 4.98 Å². The van der Waals surface area contributed by atoms with E-state index in [0.29, 0.717) is 5.56 Å². The van der Waals surface area contributed by atoms with Gasteiger partial charge in [0.15, 0.2) is 5.78 Å². The minimum atomic E-state index is -0.506. The number of nitrogens with zero attached hydrogens (tertiary/aromatic N) is 1. The fourth-order valence-corrected chi connectivity index (χ4v) is 1.94. The standard InChI is InChI=1S/C15H11FNO/c16-14-12(10-4-2-1-3-5-10)8-17-9-13(14)15(18)11-6-7-11/h1-5,9,11H,6-7H2. The van der Waals surface area contributed by atoms with Crippen molar-refractivity contribution in [2.75, 3.05) is 0 Å². The highest BCUT2D eigenvalue weighted by Gasteiger charge is 2.32. The van der Waals surface area contributed by atoms with E-state index >= 15 is 0 Å². The van der Waals surface area contributed by atoms with Gasteiger partial charge in [0, 0.05) is 17.7 Å². The first-order valence-corrected chi connectivity index (χ1v) is 5.93. The molecule has 1 aromatic heterocycles. The average Bonchev–Trinajstić information content (AvgIpc) is 3.24. The number of carbonyl (C=O) groups excluding carboxylic acids is 1. The van der Waals surface area contributed by atoms with Gasteiger partial charge in [-0.05, 0) is 18.4 Å². The van der Waals surface area contributed by atoms with Crippen LogP contribution in [-0.4, -0.2) is 10.8 Å². The van der Waals surface area contributed by atoms with E-state index in [4.69, 9.17) is 0 Å². The fraction of sp³-hybridized carbons (Fsp3) is 0.200. The van der Waals surface area contributed by atoms with Gasteiger partial charge < -0.3 is 0 Å². The number of pyridine rings is 1. The van der Waals surface area contributed by atoms with Gasteiger partial charge >= 0.3 is 0 Å². The molecular formula is C15H11FNO. The number of hydrogen-bond acceptors (Lipinski definition) is 2. The molecule has 18 heavy (non-hydrogen) atoms. The molecule has 0 unspecified atom stereocenters. The molecule has 0 N–H and O–H groups in total. The Morgan fingerprint density at radius 2 is 2.00 bits per heavy atom. The third-order valence-corrected chi connectivity index (χ3v) is 3.10. The SMILES string of the molecule is O=C(c1cn[c]c(-c2ccccc2)c1F)C1CC1. The van der Waals surface area contributed by atoms with Crippen LogP contribution in [0.3, 0.4) is 0 Å². The molecule has 1 aliphatic rings. The number of ketones is 1. The van der Waals surface area contributed by atoms with E-state index in [-0.39, 0.29) is 22.8 Å². The minimum Gasteiger partial charge on any atom is -0.294 e. The average molecular weight is 240 g/mol. The summed E-state index contributed by atoms with van der Waals surface area (Å²) in [4.78, 5) is 15.8. The lowest BCUT2D eigenvalue weighted by atomic mass is 10.0. The highest BCUT2D eigenvalue weighted by atomic mass is 19.1. The molecule has 0 amide bonds. The van der Waals surface area contributed by atoms with Crippen molar-refractivity contribution in [3.8, 4) is 11.1 Å². The quantitative estimate of drug-likeness (QED) is 0.770. The van der Waals surface area contributed by atoms with Crippen LogP contribution >= 0.6 is 0 Å². The third kappa shape index (κ3) is 1.92. The van der Waals surface area contributed by atoms with Crippen molar-refractivity contribution in [1.29, 1.82) is 0 Å². The second-order valence-electron chi connectivity index (χ2n) is 4.48. The molecule has 1 aliphatic carbocycles. The molecule has 0 saturated heterocycles. The largest absolute Gasteiger partial charge is 0.294 e. The molecule has 0 aliphatic heterocycles. The first-order valence-electron chi connectivity index (χ1n) is 5.93. The van der Waals surface area contributed by atoms with Gasteiger partial charge in [0.05, 0.1) is 5.56 Å². The predicted molar refractivity (Wildman–Crippen MR) is 65.5 cm³/mol. The summed E-state index contributed by atoms with van der Waals surface area (Å²) in [5.41, 5.74) is 1.05. The van der Waals surface area contributed by atoms with E-state index in [1.54, 1.807) is 12.1 Å². The predicted octanol–water partition coefficient (Wildman–Crippen LogP) is 3.28. The molecule has 1 aromatic carbocycles. The lowest BCUT2D eigenvalue weighted by molar-refractivity contribution is 0.0963.